The van der Waals surface area contributed by atoms with Gasteiger partial charge in [-0.2, -0.15) is 0 Å². The topological polar surface area (TPSA) is 49.4 Å². The number of anilines is 2. The molecule has 2 amide bonds. The van der Waals surface area contributed by atoms with Gasteiger partial charge in [-0.1, -0.05) is 29.3 Å². The average molecular weight is 383 g/mol. The third-order valence-corrected chi connectivity index (χ3v) is 4.40. The van der Waals surface area contributed by atoms with Crippen molar-refractivity contribution in [2.45, 2.75) is 20.3 Å². The predicted octanol–water partition coefficient (Wildman–Crippen LogP) is 4.82. The smallest absolute Gasteiger partial charge is 0.226 e. The van der Waals surface area contributed by atoms with Crippen LogP contribution >= 0.6 is 23.2 Å². The molecule has 1 N–H and O–H groups in total. The van der Waals surface area contributed by atoms with E-state index in [0.29, 0.717) is 16.4 Å². The van der Waals surface area contributed by atoms with E-state index >= 15 is 0 Å². The lowest BCUT2D eigenvalue weighted by molar-refractivity contribution is -0.117. The monoisotopic (exact) mass is 382 g/mol. The molecule has 0 radical (unpaired) electrons. The molecule has 0 unspecified atom stereocenters. The SMILES string of the molecule is CC(=O)N(CCC(=O)Nc1cccc(Cl)c1C)c1ccc(F)c(Cl)c1. The van der Waals surface area contributed by atoms with Crippen molar-refractivity contribution in [3.05, 3.63) is 57.8 Å². The minimum atomic E-state index is -0.567. The fraction of sp³-hybridized carbons (Fsp3) is 0.222. The fourth-order valence-corrected chi connectivity index (χ4v) is 2.64. The van der Waals surface area contributed by atoms with Gasteiger partial charge in [0.05, 0.1) is 5.02 Å². The zero-order valence-corrected chi connectivity index (χ0v) is 15.3. The van der Waals surface area contributed by atoms with E-state index in [-0.39, 0.29) is 29.8 Å². The van der Waals surface area contributed by atoms with Gasteiger partial charge in [0, 0.05) is 36.3 Å². The number of carbonyl (C=O) groups is 2. The molecule has 0 saturated heterocycles. The third kappa shape index (κ3) is 4.94. The summed E-state index contributed by atoms with van der Waals surface area (Å²) in [6, 6.07) is 9.22. The van der Waals surface area contributed by atoms with Crippen molar-refractivity contribution < 1.29 is 14.0 Å². The standard InChI is InChI=1S/C18H17Cl2FN2O2/c1-11-14(19)4-3-5-17(11)22-18(25)8-9-23(12(2)24)13-6-7-16(21)15(20)10-13/h3-7,10H,8-9H2,1-2H3,(H,22,25). The van der Waals surface area contributed by atoms with Crippen LogP contribution in [0.3, 0.4) is 0 Å². The molecule has 0 aliphatic heterocycles. The summed E-state index contributed by atoms with van der Waals surface area (Å²) in [7, 11) is 0. The number of hydrogen-bond acceptors (Lipinski definition) is 2. The Morgan fingerprint density at radius 3 is 2.52 bits per heavy atom. The molecular formula is C18H17Cl2FN2O2. The molecule has 0 saturated carbocycles. The number of amides is 2. The van der Waals surface area contributed by atoms with Crippen LogP contribution in [0.2, 0.25) is 10.0 Å². The molecule has 0 aromatic heterocycles. The molecule has 2 aromatic carbocycles. The number of nitrogens with zero attached hydrogens (tertiary/aromatic N) is 1. The van der Waals surface area contributed by atoms with Crippen LogP contribution in [0.4, 0.5) is 15.8 Å². The maximum absolute atomic E-state index is 13.3. The van der Waals surface area contributed by atoms with E-state index in [1.165, 1.54) is 30.0 Å². The summed E-state index contributed by atoms with van der Waals surface area (Å²) in [5.74, 6) is -1.10. The third-order valence-electron chi connectivity index (χ3n) is 3.70. The minimum Gasteiger partial charge on any atom is -0.326 e. The van der Waals surface area contributed by atoms with Crippen LogP contribution in [0.25, 0.3) is 0 Å². The predicted molar refractivity (Wildman–Crippen MR) is 98.9 cm³/mol. The summed E-state index contributed by atoms with van der Waals surface area (Å²) in [6.45, 7) is 3.32. The van der Waals surface area contributed by atoms with E-state index < -0.39 is 5.82 Å². The van der Waals surface area contributed by atoms with Gasteiger partial charge in [-0.25, -0.2) is 4.39 Å². The summed E-state index contributed by atoms with van der Waals surface area (Å²) in [6.07, 6.45) is 0.0700. The van der Waals surface area contributed by atoms with Gasteiger partial charge in [0.15, 0.2) is 0 Å². The number of hydrogen-bond donors (Lipinski definition) is 1. The van der Waals surface area contributed by atoms with E-state index in [9.17, 15) is 14.0 Å². The van der Waals surface area contributed by atoms with Crippen LogP contribution in [0.15, 0.2) is 36.4 Å². The van der Waals surface area contributed by atoms with Gasteiger partial charge in [-0.05, 0) is 42.8 Å². The molecule has 132 valence electrons. The Bertz CT molecular complexity index is 812. The van der Waals surface area contributed by atoms with Gasteiger partial charge in [-0.3, -0.25) is 9.59 Å². The zero-order valence-electron chi connectivity index (χ0n) is 13.8. The lowest BCUT2D eigenvalue weighted by atomic mass is 10.2. The second-order valence-electron chi connectivity index (χ2n) is 5.48. The Morgan fingerprint density at radius 1 is 1.16 bits per heavy atom. The summed E-state index contributed by atoms with van der Waals surface area (Å²) in [4.78, 5) is 25.4. The first-order valence-electron chi connectivity index (χ1n) is 7.57. The quantitative estimate of drug-likeness (QED) is 0.805. The average Bonchev–Trinajstić information content (AvgIpc) is 2.55. The van der Waals surface area contributed by atoms with Gasteiger partial charge in [0.1, 0.15) is 5.82 Å². The lowest BCUT2D eigenvalue weighted by Crippen LogP contribution is -2.32. The van der Waals surface area contributed by atoms with Crippen molar-refractivity contribution >= 4 is 46.4 Å². The van der Waals surface area contributed by atoms with E-state index in [1.807, 2.05) is 0 Å². The highest BCUT2D eigenvalue weighted by molar-refractivity contribution is 6.32. The summed E-state index contributed by atoms with van der Waals surface area (Å²) in [5, 5.41) is 3.25. The molecule has 4 nitrogen and oxygen atoms in total. The maximum Gasteiger partial charge on any atom is 0.226 e. The first-order chi connectivity index (χ1) is 11.8. The highest BCUT2D eigenvalue weighted by Crippen LogP contribution is 2.24. The fourth-order valence-electron chi connectivity index (χ4n) is 2.29. The van der Waals surface area contributed by atoms with Crippen molar-refractivity contribution in [3.8, 4) is 0 Å². The molecule has 0 aliphatic rings. The highest BCUT2D eigenvalue weighted by Gasteiger charge is 2.15. The van der Waals surface area contributed by atoms with Crippen LogP contribution in [0, 0.1) is 12.7 Å². The number of benzene rings is 2. The first kappa shape index (κ1) is 19.2. The highest BCUT2D eigenvalue weighted by atomic mass is 35.5. The van der Waals surface area contributed by atoms with Crippen LogP contribution in [-0.4, -0.2) is 18.4 Å². The number of carbonyl (C=O) groups excluding carboxylic acids is 2. The molecule has 2 aromatic rings. The Balaban J connectivity index is 2.05. The van der Waals surface area contributed by atoms with Crippen LogP contribution < -0.4 is 10.2 Å². The van der Waals surface area contributed by atoms with E-state index in [4.69, 9.17) is 23.2 Å². The van der Waals surface area contributed by atoms with Crippen LogP contribution in [0.1, 0.15) is 18.9 Å². The van der Waals surface area contributed by atoms with Crippen molar-refractivity contribution in [3.63, 3.8) is 0 Å². The maximum atomic E-state index is 13.3. The van der Waals surface area contributed by atoms with Gasteiger partial charge in [-0.15, -0.1) is 0 Å². The Kier molecular flexibility index (Phi) is 6.39. The Morgan fingerprint density at radius 2 is 1.88 bits per heavy atom. The summed E-state index contributed by atoms with van der Waals surface area (Å²) < 4.78 is 13.3. The van der Waals surface area contributed by atoms with Gasteiger partial charge < -0.3 is 10.2 Å². The van der Waals surface area contributed by atoms with Gasteiger partial charge in [0.2, 0.25) is 11.8 Å². The molecule has 0 heterocycles. The van der Waals surface area contributed by atoms with E-state index in [2.05, 4.69) is 5.32 Å². The normalized spacial score (nSPS) is 10.4. The van der Waals surface area contributed by atoms with Gasteiger partial charge >= 0.3 is 0 Å². The van der Waals surface area contributed by atoms with E-state index in [1.54, 1.807) is 25.1 Å². The Hall–Kier alpha value is -2.11. The number of rotatable bonds is 5. The molecule has 25 heavy (non-hydrogen) atoms. The Labute approximate surface area is 155 Å². The van der Waals surface area contributed by atoms with Crippen molar-refractivity contribution in [1.29, 1.82) is 0 Å². The van der Waals surface area contributed by atoms with Crippen molar-refractivity contribution in [2.75, 3.05) is 16.8 Å². The molecule has 0 fully saturated rings. The molecule has 7 heteroatoms. The van der Waals surface area contributed by atoms with Crippen LogP contribution in [0.5, 0.6) is 0 Å². The second-order valence-corrected chi connectivity index (χ2v) is 6.29. The van der Waals surface area contributed by atoms with E-state index in [0.717, 1.165) is 5.56 Å². The molecule has 0 atom stereocenters. The largest absolute Gasteiger partial charge is 0.326 e. The first-order valence-corrected chi connectivity index (χ1v) is 8.33. The molecule has 2 rings (SSSR count). The zero-order chi connectivity index (χ0) is 18.6. The summed E-state index contributed by atoms with van der Waals surface area (Å²) in [5.41, 5.74) is 1.83. The molecule has 0 spiro atoms. The van der Waals surface area contributed by atoms with Crippen LogP contribution in [-0.2, 0) is 9.59 Å². The number of halogens is 3. The second kappa shape index (κ2) is 8.32. The van der Waals surface area contributed by atoms with Crippen molar-refractivity contribution in [2.24, 2.45) is 0 Å². The molecule has 0 bridgehead atoms. The van der Waals surface area contributed by atoms with Crippen molar-refractivity contribution in [1.82, 2.24) is 0 Å². The molecular weight excluding hydrogens is 366 g/mol. The minimum absolute atomic E-state index is 0.0700. The van der Waals surface area contributed by atoms with Gasteiger partial charge in [0.25, 0.3) is 0 Å². The number of nitrogens with one attached hydrogen (secondary N) is 1. The lowest BCUT2D eigenvalue weighted by Gasteiger charge is -2.21. The summed E-state index contributed by atoms with van der Waals surface area (Å²) >= 11 is 11.8. The molecule has 0 aliphatic carbocycles.